The molecule has 1 heterocycles. The second-order valence-corrected chi connectivity index (χ2v) is 6.06. The molecule has 2 N–H and O–H groups in total. The van der Waals surface area contributed by atoms with Gasteiger partial charge in [-0.3, -0.25) is 0 Å². The molecular formula is C13H29B3N4O3. The summed E-state index contributed by atoms with van der Waals surface area (Å²) in [4.78, 5) is 6.31. The molecule has 0 aromatic rings. The van der Waals surface area contributed by atoms with Crippen molar-refractivity contribution in [3.8, 4) is 0 Å². The van der Waals surface area contributed by atoms with Crippen molar-refractivity contribution in [3.63, 3.8) is 0 Å². The van der Waals surface area contributed by atoms with Gasteiger partial charge in [0, 0.05) is 0 Å². The summed E-state index contributed by atoms with van der Waals surface area (Å²) in [7, 11) is 1.43. The summed E-state index contributed by atoms with van der Waals surface area (Å²) in [6.07, 6.45) is 2.76. The molecule has 1 rings (SSSR count). The van der Waals surface area contributed by atoms with E-state index in [1.165, 1.54) is 0 Å². The Labute approximate surface area is 141 Å². The summed E-state index contributed by atoms with van der Waals surface area (Å²) < 4.78 is 21.7. The van der Waals surface area contributed by atoms with Gasteiger partial charge in [0.05, 0.1) is 0 Å². The zero-order valence-electron chi connectivity index (χ0n) is 14.3. The van der Waals surface area contributed by atoms with E-state index in [1.807, 2.05) is 0 Å². The van der Waals surface area contributed by atoms with Crippen LogP contribution in [0, 0.1) is 0 Å². The molecule has 1 fully saturated rings. The molecule has 0 bridgehead atoms. The van der Waals surface area contributed by atoms with E-state index < -0.39 is 7.05 Å². The third kappa shape index (κ3) is 9.47. The summed E-state index contributed by atoms with van der Waals surface area (Å²) in [5.41, 5.74) is 0. The van der Waals surface area contributed by atoms with Crippen LogP contribution < -0.4 is 5.32 Å². The fraction of sp³-hybridized carbons (Fsp3) is 1.00. The summed E-state index contributed by atoms with van der Waals surface area (Å²) in [5.74, 6) is 0. The first-order valence-electron chi connectivity index (χ1n) is 8.62. The molecular weight excluding hydrogens is 293 g/mol. The summed E-state index contributed by atoms with van der Waals surface area (Å²) >= 11 is 0. The van der Waals surface area contributed by atoms with E-state index in [0.29, 0.717) is 12.9 Å². The van der Waals surface area contributed by atoms with Crippen LogP contribution in [0.15, 0.2) is 0 Å². The third-order valence-electron chi connectivity index (χ3n) is 4.25. The van der Waals surface area contributed by atoms with Gasteiger partial charge in [0.1, 0.15) is 0 Å². The van der Waals surface area contributed by atoms with Crippen LogP contribution in [0.5, 0.6) is 0 Å². The second kappa shape index (κ2) is 13.0. The molecule has 10 heteroatoms. The van der Waals surface area contributed by atoms with Crippen molar-refractivity contribution >= 4 is 21.4 Å². The van der Waals surface area contributed by atoms with Crippen molar-refractivity contribution in [2.24, 2.45) is 0 Å². The van der Waals surface area contributed by atoms with Crippen molar-refractivity contribution in [1.82, 2.24) is 19.9 Å². The standard InChI is InChI=1S/C13H29B3N4O3/c1-16(23)20-8-3-7-19(13-15-22)11-10-18(12-14-21)6-2-4-17-5-9-20/h17,23H,2-13H2,1H3. The van der Waals surface area contributed by atoms with Crippen LogP contribution >= 0.6 is 0 Å². The molecule has 0 aliphatic carbocycles. The van der Waals surface area contributed by atoms with Gasteiger partial charge in [-0.1, -0.05) is 0 Å². The molecule has 0 radical (unpaired) electrons. The normalized spacial score (nSPS) is 21.1. The average Bonchev–Trinajstić information content (AvgIpc) is 2.52. The Hall–Kier alpha value is -0.405. The molecule has 0 saturated carbocycles. The van der Waals surface area contributed by atoms with Crippen LogP contribution in [0.3, 0.4) is 0 Å². The zero-order valence-corrected chi connectivity index (χ0v) is 14.3. The molecule has 0 atom stereocenters. The molecule has 0 unspecified atom stereocenters. The van der Waals surface area contributed by atoms with Gasteiger partial charge < -0.3 is 0 Å². The fourth-order valence-electron chi connectivity index (χ4n) is 2.84. The SMILES string of the molecule is CB(O)N1CCCN(CB=O)CCN(CB=O)CCCNCC1. The van der Waals surface area contributed by atoms with E-state index in [-0.39, 0.29) is 0 Å². The van der Waals surface area contributed by atoms with Gasteiger partial charge in [0.25, 0.3) is 0 Å². The minimum atomic E-state index is -0.452. The van der Waals surface area contributed by atoms with Crippen LogP contribution in [0.25, 0.3) is 0 Å². The van der Waals surface area contributed by atoms with Gasteiger partial charge in [-0.25, -0.2) is 0 Å². The Morgan fingerprint density at radius 1 is 0.913 bits per heavy atom. The summed E-state index contributed by atoms with van der Waals surface area (Å²) in [6, 6.07) is 0. The van der Waals surface area contributed by atoms with Crippen LogP contribution in [0.2, 0.25) is 6.82 Å². The Morgan fingerprint density at radius 2 is 1.52 bits per heavy atom. The minimum absolute atomic E-state index is 0.422. The van der Waals surface area contributed by atoms with E-state index in [2.05, 4.69) is 19.9 Å². The first-order valence-corrected chi connectivity index (χ1v) is 8.62. The summed E-state index contributed by atoms with van der Waals surface area (Å²) in [5, 5.41) is 13.2. The molecule has 0 aromatic heterocycles. The van der Waals surface area contributed by atoms with Gasteiger partial charge in [-0.2, -0.15) is 0 Å². The van der Waals surface area contributed by atoms with Gasteiger partial charge >= 0.3 is 141 Å². The van der Waals surface area contributed by atoms with Gasteiger partial charge in [0.15, 0.2) is 0 Å². The predicted molar refractivity (Wildman–Crippen MR) is 93.3 cm³/mol. The molecule has 0 aromatic carbocycles. The van der Waals surface area contributed by atoms with Crippen LogP contribution in [-0.4, -0.2) is 106 Å². The Morgan fingerprint density at radius 3 is 2.09 bits per heavy atom. The number of hydrogen-bond donors (Lipinski definition) is 2. The van der Waals surface area contributed by atoms with E-state index in [0.717, 1.165) is 79.5 Å². The predicted octanol–water partition coefficient (Wildman–Crippen LogP) is -1.60. The first kappa shape index (κ1) is 20.6. The molecule has 1 aliphatic rings. The Kier molecular flexibility index (Phi) is 11.6. The number of nitrogens with zero attached hydrogens (tertiary/aromatic N) is 3. The maximum atomic E-state index is 10.9. The molecule has 0 amide bonds. The van der Waals surface area contributed by atoms with Crippen molar-refractivity contribution in [1.29, 1.82) is 0 Å². The molecule has 7 nitrogen and oxygen atoms in total. The van der Waals surface area contributed by atoms with E-state index in [4.69, 9.17) is 0 Å². The quantitative estimate of drug-likeness (QED) is 0.591. The summed E-state index contributed by atoms with van der Waals surface area (Å²) in [6.45, 7) is 8.45. The molecule has 0 spiro atoms. The third-order valence-corrected chi connectivity index (χ3v) is 4.25. The Bertz CT molecular complexity index is 340. The molecule has 1 aliphatic heterocycles. The zero-order chi connectivity index (χ0) is 16.9. The van der Waals surface area contributed by atoms with Crippen molar-refractivity contribution in [3.05, 3.63) is 0 Å². The van der Waals surface area contributed by atoms with Crippen molar-refractivity contribution < 1.29 is 14.4 Å². The van der Waals surface area contributed by atoms with Crippen molar-refractivity contribution in [2.75, 3.05) is 65.2 Å². The molecule has 23 heavy (non-hydrogen) atoms. The first-order chi connectivity index (χ1) is 11.2. The second-order valence-electron chi connectivity index (χ2n) is 6.06. The maximum absolute atomic E-state index is 10.9. The topological polar surface area (TPSA) is 76.1 Å². The Balaban J connectivity index is 2.57. The number of nitrogens with one attached hydrogen (secondary N) is 1. The van der Waals surface area contributed by atoms with E-state index >= 15 is 0 Å². The van der Waals surface area contributed by atoms with Crippen LogP contribution in [0.4, 0.5) is 0 Å². The van der Waals surface area contributed by atoms with Gasteiger partial charge in [-0.15, -0.1) is 0 Å². The van der Waals surface area contributed by atoms with Gasteiger partial charge in [0.2, 0.25) is 0 Å². The van der Waals surface area contributed by atoms with Crippen LogP contribution in [-0.2, 0) is 9.41 Å². The average molecular weight is 322 g/mol. The van der Waals surface area contributed by atoms with Gasteiger partial charge in [-0.05, 0) is 0 Å². The van der Waals surface area contributed by atoms with E-state index in [1.54, 1.807) is 6.82 Å². The molecule has 128 valence electrons. The van der Waals surface area contributed by atoms with Crippen LogP contribution in [0.1, 0.15) is 12.8 Å². The monoisotopic (exact) mass is 322 g/mol. The number of hydrogen-bond acceptors (Lipinski definition) is 7. The van der Waals surface area contributed by atoms with Crippen molar-refractivity contribution in [2.45, 2.75) is 19.7 Å². The number of rotatable bonds is 5. The molecule has 1 saturated heterocycles. The van der Waals surface area contributed by atoms with E-state index in [9.17, 15) is 14.4 Å². The fourth-order valence-corrected chi connectivity index (χ4v) is 2.84.